The third kappa shape index (κ3) is 5.83. The number of phosphoric acid groups is 1. The van der Waals surface area contributed by atoms with Gasteiger partial charge < -0.3 is 14.7 Å². The molecule has 1 rings (SSSR count). The molecule has 0 spiro atoms. The van der Waals surface area contributed by atoms with E-state index in [0.717, 1.165) is 0 Å². The summed E-state index contributed by atoms with van der Waals surface area (Å²) < 4.78 is 19.8. The Morgan fingerprint density at radius 2 is 2.00 bits per heavy atom. The minimum Gasteiger partial charge on any atom is -0.606 e. The van der Waals surface area contributed by atoms with E-state index in [2.05, 4.69) is 6.58 Å². The number of ether oxygens (including phenoxy) is 1. The van der Waals surface area contributed by atoms with Crippen molar-refractivity contribution >= 4 is 14.1 Å². The van der Waals surface area contributed by atoms with E-state index in [9.17, 15) is 14.8 Å². The summed E-state index contributed by atoms with van der Waals surface area (Å²) >= 11 is 0. The molecular formula is C12H21O7P. The van der Waals surface area contributed by atoms with Crippen LogP contribution in [0.25, 0.3) is 0 Å². The van der Waals surface area contributed by atoms with Gasteiger partial charge in [-0.1, -0.05) is 20.4 Å². The first-order valence-electron chi connectivity index (χ1n) is 6.18. The normalized spacial score (nSPS) is 22.1. The topological polar surface area (TPSA) is 97.3 Å². The second kappa shape index (κ2) is 6.93. The van der Waals surface area contributed by atoms with Crippen LogP contribution in [-0.4, -0.2) is 43.6 Å². The quantitative estimate of drug-likeness (QED) is 0.436. The van der Waals surface area contributed by atoms with Gasteiger partial charge in [-0.2, -0.15) is 13.6 Å². The molecular weight excluding hydrogens is 287 g/mol. The van der Waals surface area contributed by atoms with Gasteiger partial charge in [0.2, 0.25) is 0 Å². The van der Waals surface area contributed by atoms with Gasteiger partial charge in [0, 0.05) is 11.0 Å². The van der Waals surface area contributed by atoms with Crippen LogP contribution >= 0.6 is 8.17 Å². The van der Waals surface area contributed by atoms with Crippen LogP contribution in [0.5, 0.6) is 0 Å². The maximum Gasteiger partial charge on any atom is 0.379 e. The number of carbonyl (C=O) groups is 1. The highest BCUT2D eigenvalue weighted by molar-refractivity contribution is 7.54. The first-order valence-corrected chi connectivity index (χ1v) is 7.64. The van der Waals surface area contributed by atoms with E-state index in [0.29, 0.717) is 0 Å². The monoisotopic (exact) mass is 308 g/mol. The summed E-state index contributed by atoms with van der Waals surface area (Å²) in [5.41, 5.74) is -0.000473. The third-order valence-electron chi connectivity index (χ3n) is 2.41. The Hall–Kier alpha value is -0.560. The number of esters is 1. The molecule has 20 heavy (non-hydrogen) atoms. The van der Waals surface area contributed by atoms with Gasteiger partial charge in [-0.25, -0.2) is 4.79 Å². The zero-order valence-corrected chi connectivity index (χ0v) is 12.9. The molecule has 1 aliphatic rings. The fourth-order valence-corrected chi connectivity index (χ4v) is 2.78. The van der Waals surface area contributed by atoms with Crippen LogP contribution in [-0.2, 0) is 23.1 Å². The molecule has 0 aromatic heterocycles. The van der Waals surface area contributed by atoms with Crippen molar-refractivity contribution in [2.45, 2.75) is 26.9 Å². The minimum absolute atomic E-state index is 0.229. The molecule has 116 valence electrons. The molecule has 1 heterocycles. The molecule has 1 N–H and O–H groups in total. The number of aliphatic hydroxyl groups excluding tert-OH is 1. The van der Waals surface area contributed by atoms with Crippen LogP contribution in [0.1, 0.15) is 20.8 Å². The summed E-state index contributed by atoms with van der Waals surface area (Å²) in [6.07, 6.45) is -1.12. The predicted molar refractivity (Wildman–Crippen MR) is 70.3 cm³/mol. The van der Waals surface area contributed by atoms with Crippen molar-refractivity contribution in [2.75, 3.05) is 26.4 Å². The number of hydrogen-bond acceptors (Lipinski definition) is 7. The SMILES string of the molecule is C=C(C)C(=O)OCC(O)CO[P+]1([O-])OCC(C)(C)CO1. The zero-order chi connectivity index (χ0) is 15.4. The highest BCUT2D eigenvalue weighted by Gasteiger charge is 2.43. The zero-order valence-electron chi connectivity index (χ0n) is 12.0. The van der Waals surface area contributed by atoms with Gasteiger partial charge in [0.25, 0.3) is 0 Å². The Kier molecular flexibility index (Phi) is 6.06. The fourth-order valence-electron chi connectivity index (χ4n) is 1.18. The van der Waals surface area contributed by atoms with Gasteiger partial charge in [-0.05, 0) is 6.92 Å². The van der Waals surface area contributed by atoms with Crippen molar-refractivity contribution in [1.82, 2.24) is 0 Å². The maximum atomic E-state index is 12.0. The third-order valence-corrected chi connectivity index (χ3v) is 3.76. The van der Waals surface area contributed by atoms with E-state index < -0.39 is 20.2 Å². The van der Waals surface area contributed by atoms with Crippen LogP contribution in [0.2, 0.25) is 0 Å². The Morgan fingerprint density at radius 3 is 2.50 bits per heavy atom. The van der Waals surface area contributed by atoms with Gasteiger partial charge in [0.1, 0.15) is 32.5 Å². The first kappa shape index (κ1) is 17.5. The Labute approximate surface area is 119 Å². The molecule has 0 bridgehead atoms. The van der Waals surface area contributed by atoms with E-state index in [1.54, 1.807) is 0 Å². The van der Waals surface area contributed by atoms with Gasteiger partial charge in [0.05, 0.1) is 0 Å². The van der Waals surface area contributed by atoms with Crippen molar-refractivity contribution in [3.8, 4) is 0 Å². The second-order valence-electron chi connectivity index (χ2n) is 5.49. The van der Waals surface area contributed by atoms with Crippen molar-refractivity contribution in [3.05, 3.63) is 12.2 Å². The van der Waals surface area contributed by atoms with Crippen molar-refractivity contribution < 1.29 is 33.1 Å². The van der Waals surface area contributed by atoms with E-state index in [1.165, 1.54) is 6.92 Å². The number of carbonyl (C=O) groups excluding carboxylic acids is 1. The molecule has 0 amide bonds. The molecule has 0 aliphatic carbocycles. The molecule has 1 fully saturated rings. The summed E-state index contributed by atoms with van der Waals surface area (Å²) in [5, 5.41) is 9.56. The van der Waals surface area contributed by atoms with Crippen molar-refractivity contribution in [1.29, 1.82) is 0 Å². The lowest BCUT2D eigenvalue weighted by molar-refractivity contribution is -0.264. The Morgan fingerprint density at radius 1 is 1.45 bits per heavy atom. The minimum atomic E-state index is -3.63. The smallest absolute Gasteiger partial charge is 0.379 e. The van der Waals surface area contributed by atoms with E-state index in [4.69, 9.17) is 18.3 Å². The summed E-state index contributed by atoms with van der Waals surface area (Å²) in [7, 11) is -3.63. The molecule has 0 saturated carbocycles. The second-order valence-corrected chi connectivity index (χ2v) is 7.16. The predicted octanol–water partition coefficient (Wildman–Crippen LogP) is 0.594. The summed E-state index contributed by atoms with van der Waals surface area (Å²) in [4.78, 5) is 23.1. The standard InChI is InChI=1S/C12H21O7P/c1-9(2)11(14)16-5-10(13)6-17-20(15)18-7-12(3,4)8-19-20/h10,13H,1,5-8H2,2-4H3. The number of hydrogen-bond donors (Lipinski definition) is 1. The lowest BCUT2D eigenvalue weighted by Crippen LogP contribution is -2.37. The maximum absolute atomic E-state index is 12.0. The molecule has 1 unspecified atom stereocenters. The van der Waals surface area contributed by atoms with Gasteiger partial charge in [-0.15, -0.1) is 0 Å². The van der Waals surface area contributed by atoms with E-state index in [1.807, 2.05) is 13.8 Å². The van der Waals surface area contributed by atoms with Gasteiger partial charge in [-0.3, -0.25) is 0 Å². The van der Waals surface area contributed by atoms with Gasteiger partial charge in [0.15, 0.2) is 0 Å². The molecule has 8 heteroatoms. The number of aliphatic hydroxyl groups is 1. The Balaban J connectivity index is 2.29. The molecule has 0 aromatic rings. The Bertz CT molecular complexity index is 359. The summed E-state index contributed by atoms with van der Waals surface area (Å²) in [6.45, 7) is 8.59. The lowest BCUT2D eigenvalue weighted by Gasteiger charge is -2.36. The fraction of sp³-hybridized carbons (Fsp3) is 0.750. The molecule has 1 atom stereocenters. The highest BCUT2D eigenvalue weighted by atomic mass is 31.2. The summed E-state index contributed by atoms with van der Waals surface area (Å²) in [5.74, 6) is -0.609. The molecule has 0 radical (unpaired) electrons. The first-order chi connectivity index (χ1) is 9.14. The highest BCUT2D eigenvalue weighted by Crippen LogP contribution is 2.58. The molecule has 7 nitrogen and oxygen atoms in total. The van der Waals surface area contributed by atoms with E-state index >= 15 is 0 Å². The van der Waals surface area contributed by atoms with Crippen molar-refractivity contribution in [3.63, 3.8) is 0 Å². The van der Waals surface area contributed by atoms with E-state index in [-0.39, 0.29) is 37.4 Å². The number of phosphoric ester groups is 1. The average Bonchev–Trinajstić information content (AvgIpc) is 2.37. The van der Waals surface area contributed by atoms with Crippen LogP contribution < -0.4 is 4.89 Å². The van der Waals surface area contributed by atoms with Crippen molar-refractivity contribution in [2.24, 2.45) is 5.41 Å². The van der Waals surface area contributed by atoms with Crippen LogP contribution in [0.3, 0.4) is 0 Å². The van der Waals surface area contributed by atoms with Crippen LogP contribution in [0, 0.1) is 5.41 Å². The summed E-state index contributed by atoms with van der Waals surface area (Å²) in [6, 6.07) is 0. The van der Waals surface area contributed by atoms with Crippen LogP contribution in [0.15, 0.2) is 12.2 Å². The lowest BCUT2D eigenvalue weighted by atomic mass is 9.97. The van der Waals surface area contributed by atoms with Crippen LogP contribution in [0.4, 0.5) is 0 Å². The molecule has 1 aliphatic heterocycles. The average molecular weight is 308 g/mol. The molecule has 1 saturated heterocycles. The molecule has 0 aromatic carbocycles. The van der Waals surface area contributed by atoms with Gasteiger partial charge >= 0.3 is 14.1 Å². The number of rotatable bonds is 6. The largest absolute Gasteiger partial charge is 0.606 e.